The molecule has 4 nitrogen and oxygen atoms in total. The molecule has 0 N–H and O–H groups in total. The predicted octanol–water partition coefficient (Wildman–Crippen LogP) is 9.53. The van der Waals surface area contributed by atoms with E-state index in [0.29, 0.717) is 22.6 Å². The molecule has 0 saturated carbocycles. The first-order valence-corrected chi connectivity index (χ1v) is 13.3. The zero-order chi connectivity index (χ0) is 30.1. The Morgan fingerprint density at radius 1 is 0.488 bits per heavy atom. The fourth-order valence-corrected chi connectivity index (χ4v) is 5.02. The standard InChI is InChI=1S/C37H28O4/c1-37(2,31-9-15-33(16-10-31)40-35-13-7-27-19-25(23-38)3-5-29(27)21-35)32-11-17-34(18-12-32)41-36-14-8-28-20-26(24-39)4-6-30(28)22-36/h3-24H,1-2H3/i23T,24T. The number of hydrogen-bond donors (Lipinski definition) is 0. The summed E-state index contributed by atoms with van der Waals surface area (Å²) in [5, 5.41) is 3.64. The van der Waals surface area contributed by atoms with E-state index in [1.54, 1.807) is 24.3 Å². The smallest absolute Gasteiger partial charge is 0.150 e. The van der Waals surface area contributed by atoms with Gasteiger partial charge in [0, 0.05) is 16.5 Å². The van der Waals surface area contributed by atoms with Crippen molar-refractivity contribution in [2.24, 2.45) is 0 Å². The van der Waals surface area contributed by atoms with Crippen LogP contribution < -0.4 is 9.47 Å². The number of rotatable bonds is 8. The maximum Gasteiger partial charge on any atom is 0.150 e. The lowest BCUT2D eigenvalue weighted by Crippen LogP contribution is -2.18. The Bertz CT molecular complexity index is 1850. The van der Waals surface area contributed by atoms with Crippen molar-refractivity contribution in [3.8, 4) is 23.0 Å². The van der Waals surface area contributed by atoms with E-state index in [2.05, 4.69) is 38.1 Å². The molecule has 4 heteroatoms. The molecule has 0 bridgehead atoms. The maximum absolute atomic E-state index is 11.4. The highest BCUT2D eigenvalue weighted by Crippen LogP contribution is 2.35. The summed E-state index contributed by atoms with van der Waals surface area (Å²) < 4.78 is 26.8. The number of carbonyl (C=O) groups excluding carboxylic acids is 2. The number of hydrogen-bond acceptors (Lipinski definition) is 4. The molecule has 0 unspecified atom stereocenters. The zero-order valence-electron chi connectivity index (χ0n) is 24.7. The van der Waals surface area contributed by atoms with Crippen molar-refractivity contribution in [2.75, 3.05) is 0 Å². The lowest BCUT2D eigenvalue weighted by molar-refractivity contribution is 0.111. The summed E-state index contributed by atoms with van der Waals surface area (Å²) in [5.74, 6) is 2.83. The molecule has 0 amide bonds. The topological polar surface area (TPSA) is 52.6 Å². The number of ether oxygens (including phenoxy) is 2. The van der Waals surface area contributed by atoms with Gasteiger partial charge in [-0.25, -0.2) is 0 Å². The van der Waals surface area contributed by atoms with Crippen molar-refractivity contribution in [1.82, 2.24) is 0 Å². The van der Waals surface area contributed by atoms with Gasteiger partial charge < -0.3 is 9.47 Å². The molecule has 0 aliphatic rings. The molecule has 41 heavy (non-hydrogen) atoms. The van der Waals surface area contributed by atoms with Gasteiger partial charge in [0.05, 0.1) is 0 Å². The summed E-state index contributed by atoms with van der Waals surface area (Å²) in [6, 6.07) is 37.9. The molecule has 6 rings (SSSR count). The molecule has 0 aromatic heterocycles. The van der Waals surface area contributed by atoms with Crippen molar-refractivity contribution < 1.29 is 21.8 Å². The minimum atomic E-state index is -0.697. The minimum absolute atomic E-state index is 0.261. The van der Waals surface area contributed by atoms with Crippen molar-refractivity contribution in [1.29, 1.82) is 0 Å². The molecule has 0 atom stereocenters. The Labute approximate surface area is 241 Å². The number of benzene rings is 6. The van der Waals surface area contributed by atoms with Crippen LogP contribution in [0.1, 0.15) is 48.4 Å². The van der Waals surface area contributed by atoms with E-state index in [1.165, 1.54) is 0 Å². The van der Waals surface area contributed by atoms with Crippen LogP contribution in [0.3, 0.4) is 0 Å². The summed E-state index contributed by atoms with van der Waals surface area (Å²) in [6.07, 6.45) is -1.39. The Morgan fingerprint density at radius 2 is 0.829 bits per heavy atom. The van der Waals surface area contributed by atoms with E-state index in [1.807, 2.05) is 72.8 Å². The highest BCUT2D eigenvalue weighted by molar-refractivity contribution is 5.90. The van der Waals surface area contributed by atoms with Crippen LogP contribution in [0.2, 0.25) is 0 Å². The normalized spacial score (nSPS) is 12.0. The molecule has 0 aliphatic carbocycles. The van der Waals surface area contributed by atoms with Crippen LogP contribution in [-0.2, 0) is 5.41 Å². The molecule has 200 valence electrons. The third-order valence-corrected chi connectivity index (χ3v) is 7.48. The Kier molecular flexibility index (Phi) is 6.20. The second-order valence-corrected chi connectivity index (χ2v) is 10.5. The monoisotopic (exact) mass is 540 g/mol. The SMILES string of the molecule is [3H]C(=O)c1ccc2cc(Oc3ccc(C(C)(C)c4ccc(Oc5ccc6cc(C([3H])=O)ccc6c5)cc4)cc3)ccc2c1. The van der Waals surface area contributed by atoms with Gasteiger partial charge >= 0.3 is 0 Å². The summed E-state index contributed by atoms with van der Waals surface area (Å²) in [6.45, 7) is 4.36. The van der Waals surface area contributed by atoms with Gasteiger partial charge in [0.2, 0.25) is 0 Å². The van der Waals surface area contributed by atoms with Gasteiger partial charge in [-0.3, -0.25) is 9.59 Å². The Balaban J connectivity index is 1.14. The highest BCUT2D eigenvalue weighted by atomic mass is 16.5. The molecule has 6 aromatic carbocycles. The Morgan fingerprint density at radius 3 is 1.22 bits per heavy atom. The second-order valence-electron chi connectivity index (χ2n) is 10.5. The molecular weight excluding hydrogens is 508 g/mol. The van der Waals surface area contributed by atoms with E-state index in [0.717, 1.165) is 44.2 Å². The van der Waals surface area contributed by atoms with Crippen LogP contribution in [0, 0.1) is 0 Å². The van der Waals surface area contributed by atoms with Crippen molar-refractivity contribution >= 4 is 34.1 Å². The second kappa shape index (κ2) is 10.7. The average molecular weight is 541 g/mol. The number of aldehydes is 2. The van der Waals surface area contributed by atoms with Crippen LogP contribution in [0.4, 0.5) is 0 Å². The van der Waals surface area contributed by atoms with Crippen LogP contribution in [0.15, 0.2) is 121 Å². The summed E-state index contributed by atoms with van der Waals surface area (Å²) in [5.41, 5.74) is 2.75. The van der Waals surface area contributed by atoms with Gasteiger partial charge in [0.1, 0.15) is 38.3 Å². The molecule has 6 aromatic rings. The van der Waals surface area contributed by atoms with E-state index >= 15 is 0 Å². The molecule has 0 saturated heterocycles. The highest BCUT2D eigenvalue weighted by Gasteiger charge is 2.23. The maximum atomic E-state index is 11.4. The Hall–Kier alpha value is -5.22. The van der Waals surface area contributed by atoms with Gasteiger partial charge in [-0.05, 0) is 93.3 Å². The number of fused-ring (bicyclic) bond motifs is 2. The van der Waals surface area contributed by atoms with Crippen LogP contribution >= 0.6 is 0 Å². The van der Waals surface area contributed by atoms with Crippen LogP contribution in [0.25, 0.3) is 21.5 Å². The van der Waals surface area contributed by atoms with Gasteiger partial charge in [-0.2, -0.15) is 0 Å². The minimum Gasteiger partial charge on any atom is -0.457 e. The summed E-state index contributed by atoms with van der Waals surface area (Å²) >= 11 is 0. The lowest BCUT2D eigenvalue weighted by atomic mass is 9.78. The summed E-state index contributed by atoms with van der Waals surface area (Å²) in [7, 11) is 0. The van der Waals surface area contributed by atoms with Crippen molar-refractivity contribution in [2.45, 2.75) is 19.3 Å². The first-order valence-electron chi connectivity index (χ1n) is 14.3. The average Bonchev–Trinajstić information content (AvgIpc) is 3.01. The third-order valence-electron chi connectivity index (χ3n) is 7.48. The summed E-state index contributed by atoms with van der Waals surface area (Å²) in [4.78, 5) is 22.7. The fourth-order valence-electron chi connectivity index (χ4n) is 5.02. The van der Waals surface area contributed by atoms with Crippen molar-refractivity contribution in [3.05, 3.63) is 144 Å². The first-order chi connectivity index (χ1) is 20.7. The molecule has 0 fully saturated rings. The van der Waals surface area contributed by atoms with Crippen molar-refractivity contribution in [3.63, 3.8) is 0 Å². The van der Waals surface area contributed by atoms with E-state index in [-0.39, 0.29) is 5.41 Å². The van der Waals surface area contributed by atoms with E-state index in [4.69, 9.17) is 12.2 Å². The van der Waals surface area contributed by atoms with Gasteiger partial charge in [-0.15, -0.1) is 0 Å². The van der Waals surface area contributed by atoms with Crippen LogP contribution in [0.5, 0.6) is 23.0 Å². The lowest BCUT2D eigenvalue weighted by Gasteiger charge is -2.26. The largest absolute Gasteiger partial charge is 0.457 e. The third kappa shape index (κ3) is 5.45. The molecular formula is C37H28O4. The molecule has 0 aliphatic heterocycles. The molecule has 0 heterocycles. The predicted molar refractivity (Wildman–Crippen MR) is 164 cm³/mol. The quantitative estimate of drug-likeness (QED) is 0.180. The molecule has 0 spiro atoms. The molecule has 0 radical (unpaired) electrons. The van der Waals surface area contributed by atoms with Crippen LogP contribution in [-0.4, -0.2) is 12.5 Å². The van der Waals surface area contributed by atoms with E-state index < -0.39 is 12.5 Å². The van der Waals surface area contributed by atoms with Gasteiger partial charge in [0.25, 0.3) is 0 Å². The van der Waals surface area contributed by atoms with Gasteiger partial charge in [-0.1, -0.05) is 74.5 Å². The van der Waals surface area contributed by atoms with Gasteiger partial charge in [0.15, 0.2) is 0 Å². The zero-order valence-corrected chi connectivity index (χ0v) is 22.7. The number of carbonyl (C=O) groups is 2. The first kappa shape index (κ1) is 23.6. The van der Waals surface area contributed by atoms with E-state index in [9.17, 15) is 9.59 Å². The fraction of sp³-hybridized carbons (Fsp3) is 0.0811.